The number of unbranched alkanes of at least 4 members (excludes halogenated alkanes) is 12. The molecule has 0 fully saturated rings. The normalized spacial score (nSPS) is 10.8. The van der Waals surface area contributed by atoms with Crippen LogP contribution in [0.15, 0.2) is 0 Å². The first-order valence-corrected chi connectivity index (χ1v) is 15.2. The van der Waals surface area contributed by atoms with Crippen molar-refractivity contribution in [2.24, 2.45) is 0 Å². The molecule has 0 radical (unpaired) electrons. The largest absolute Gasteiger partial charge is 0.462 e. The summed E-state index contributed by atoms with van der Waals surface area (Å²) < 4.78 is 16.1. The van der Waals surface area contributed by atoms with Crippen molar-refractivity contribution in [1.29, 1.82) is 0 Å². The maximum atomic E-state index is 12.2. The highest BCUT2D eigenvalue weighted by Gasteiger charge is 2.19. The van der Waals surface area contributed by atoms with Crippen LogP contribution in [0.5, 0.6) is 0 Å². The molecular weight excluding hydrogens is 504 g/mol. The molecule has 0 aliphatic heterocycles. The van der Waals surface area contributed by atoms with Gasteiger partial charge in [0.15, 0.2) is 6.10 Å². The van der Waals surface area contributed by atoms with Gasteiger partial charge in [-0.15, -0.1) is 0 Å². The SMILES string of the molecule is CCCCCCCC(=O)OCC(COC(=O)CCCCCCC)OC(=O)CCCCCCC.OCC(O)CO. The number of hydrogen-bond acceptors (Lipinski definition) is 9. The molecule has 0 aromatic rings. The Balaban J connectivity index is 0. The van der Waals surface area contributed by atoms with Gasteiger partial charge in [-0.05, 0) is 19.3 Å². The lowest BCUT2D eigenvalue weighted by atomic mass is 10.1. The summed E-state index contributed by atoms with van der Waals surface area (Å²) in [7, 11) is 0. The summed E-state index contributed by atoms with van der Waals surface area (Å²) in [5.74, 6) is -0.925. The van der Waals surface area contributed by atoms with Gasteiger partial charge in [-0.1, -0.05) is 97.8 Å². The van der Waals surface area contributed by atoms with Crippen molar-refractivity contribution in [2.45, 2.75) is 149 Å². The zero-order valence-electron chi connectivity index (χ0n) is 25.0. The van der Waals surface area contributed by atoms with Crippen LogP contribution in [0.4, 0.5) is 0 Å². The lowest BCUT2D eigenvalue weighted by molar-refractivity contribution is -0.167. The van der Waals surface area contributed by atoms with Gasteiger partial charge < -0.3 is 29.5 Å². The van der Waals surface area contributed by atoms with Crippen LogP contribution in [-0.2, 0) is 28.6 Å². The van der Waals surface area contributed by atoms with Crippen LogP contribution in [-0.4, -0.2) is 71.9 Å². The predicted octanol–water partition coefficient (Wildman–Crippen LogP) is 5.40. The molecule has 0 aromatic carbocycles. The first-order valence-electron chi connectivity index (χ1n) is 15.2. The zero-order valence-corrected chi connectivity index (χ0v) is 25.0. The van der Waals surface area contributed by atoms with Crippen molar-refractivity contribution in [3.63, 3.8) is 0 Å². The molecule has 3 N–H and O–H groups in total. The van der Waals surface area contributed by atoms with Crippen molar-refractivity contribution < 1.29 is 43.9 Å². The first kappa shape index (κ1) is 39.4. The minimum Gasteiger partial charge on any atom is -0.462 e. The lowest BCUT2D eigenvalue weighted by Crippen LogP contribution is -2.30. The summed E-state index contributed by atoms with van der Waals surface area (Å²) in [4.78, 5) is 36.3. The van der Waals surface area contributed by atoms with Gasteiger partial charge in [-0.25, -0.2) is 0 Å². The Morgan fingerprint density at radius 2 is 0.872 bits per heavy atom. The zero-order chi connectivity index (χ0) is 29.6. The van der Waals surface area contributed by atoms with E-state index >= 15 is 0 Å². The molecule has 0 saturated heterocycles. The molecule has 39 heavy (non-hydrogen) atoms. The molecule has 0 aromatic heterocycles. The van der Waals surface area contributed by atoms with Gasteiger partial charge in [0.25, 0.3) is 0 Å². The fourth-order valence-electron chi connectivity index (χ4n) is 3.55. The fraction of sp³-hybridized carbons (Fsp3) is 0.900. The molecule has 0 amide bonds. The molecule has 0 bridgehead atoms. The van der Waals surface area contributed by atoms with Crippen LogP contribution in [0, 0.1) is 0 Å². The summed E-state index contributed by atoms with van der Waals surface area (Å²) in [6.07, 6.45) is 15.1. The Hall–Kier alpha value is -1.71. The third-order valence-electron chi connectivity index (χ3n) is 6.03. The molecule has 0 aliphatic carbocycles. The number of aliphatic hydroxyl groups excluding tert-OH is 3. The Morgan fingerprint density at radius 1 is 0.538 bits per heavy atom. The number of aliphatic hydroxyl groups is 3. The molecule has 0 rings (SSSR count). The average Bonchev–Trinajstić information content (AvgIpc) is 2.94. The Morgan fingerprint density at radius 3 is 1.18 bits per heavy atom. The maximum absolute atomic E-state index is 12.2. The molecule has 0 spiro atoms. The topological polar surface area (TPSA) is 140 Å². The Kier molecular flexibility index (Phi) is 31.2. The van der Waals surface area contributed by atoms with E-state index in [9.17, 15) is 14.4 Å². The molecule has 0 heterocycles. The first-order chi connectivity index (χ1) is 18.8. The highest BCUT2D eigenvalue weighted by atomic mass is 16.6. The maximum Gasteiger partial charge on any atom is 0.306 e. The third-order valence-corrected chi connectivity index (χ3v) is 6.03. The highest BCUT2D eigenvalue weighted by Crippen LogP contribution is 2.10. The van der Waals surface area contributed by atoms with Crippen molar-refractivity contribution in [1.82, 2.24) is 0 Å². The van der Waals surface area contributed by atoms with E-state index in [1.54, 1.807) is 0 Å². The summed E-state index contributed by atoms with van der Waals surface area (Å²) in [6.45, 7) is 5.59. The van der Waals surface area contributed by atoms with Crippen LogP contribution >= 0.6 is 0 Å². The van der Waals surface area contributed by atoms with E-state index in [4.69, 9.17) is 29.5 Å². The summed E-state index contributed by atoms with van der Waals surface area (Å²) >= 11 is 0. The van der Waals surface area contributed by atoms with Gasteiger partial charge in [0, 0.05) is 19.3 Å². The van der Waals surface area contributed by atoms with E-state index in [0.29, 0.717) is 19.3 Å². The second-order valence-electron chi connectivity index (χ2n) is 9.99. The standard InChI is InChI=1S/C27H50O6.C3H8O3/c1-4-7-10-13-16-19-25(28)31-22-24(33-27(30)21-18-15-12-9-6-3)23-32-26(29)20-17-14-11-8-5-2;4-1-3(6)2-5/h24H,4-23H2,1-3H3;3-6H,1-2H2. The van der Waals surface area contributed by atoms with E-state index in [2.05, 4.69) is 20.8 Å². The predicted molar refractivity (Wildman–Crippen MR) is 152 cm³/mol. The van der Waals surface area contributed by atoms with Crippen molar-refractivity contribution >= 4 is 17.9 Å². The number of carbonyl (C=O) groups is 3. The van der Waals surface area contributed by atoms with E-state index in [1.807, 2.05) is 0 Å². The summed E-state index contributed by atoms with van der Waals surface area (Å²) in [5, 5.41) is 24.0. The van der Waals surface area contributed by atoms with Crippen LogP contribution < -0.4 is 0 Å². The number of rotatable bonds is 25. The number of ether oxygens (including phenoxy) is 3. The fourth-order valence-corrected chi connectivity index (χ4v) is 3.55. The molecule has 232 valence electrons. The van der Waals surface area contributed by atoms with E-state index in [1.165, 1.54) is 19.3 Å². The lowest BCUT2D eigenvalue weighted by Gasteiger charge is -2.18. The van der Waals surface area contributed by atoms with Gasteiger partial charge in [0.1, 0.15) is 19.3 Å². The molecule has 9 heteroatoms. The average molecular weight is 563 g/mol. The summed E-state index contributed by atoms with van der Waals surface area (Å²) in [6, 6.07) is 0. The molecular formula is C30H58O9. The Labute approximate surface area is 237 Å². The van der Waals surface area contributed by atoms with E-state index < -0.39 is 12.2 Å². The van der Waals surface area contributed by atoms with Gasteiger partial charge in [-0.3, -0.25) is 14.4 Å². The van der Waals surface area contributed by atoms with Gasteiger partial charge in [0.05, 0.1) is 13.2 Å². The van der Waals surface area contributed by atoms with Crippen LogP contribution in [0.1, 0.15) is 136 Å². The molecule has 0 unspecified atom stereocenters. The van der Waals surface area contributed by atoms with E-state index in [0.717, 1.165) is 77.0 Å². The molecule has 0 atom stereocenters. The second-order valence-corrected chi connectivity index (χ2v) is 9.99. The van der Waals surface area contributed by atoms with Crippen LogP contribution in [0.25, 0.3) is 0 Å². The van der Waals surface area contributed by atoms with Crippen molar-refractivity contribution in [3.05, 3.63) is 0 Å². The minimum absolute atomic E-state index is 0.0703. The smallest absolute Gasteiger partial charge is 0.306 e. The van der Waals surface area contributed by atoms with E-state index in [-0.39, 0.29) is 44.3 Å². The number of esters is 3. The second kappa shape index (κ2) is 30.8. The van der Waals surface area contributed by atoms with Crippen LogP contribution in [0.3, 0.4) is 0 Å². The van der Waals surface area contributed by atoms with Crippen molar-refractivity contribution in [3.8, 4) is 0 Å². The van der Waals surface area contributed by atoms with Gasteiger partial charge >= 0.3 is 17.9 Å². The number of carbonyl (C=O) groups excluding carboxylic acids is 3. The third kappa shape index (κ3) is 30.7. The van der Waals surface area contributed by atoms with Crippen LogP contribution in [0.2, 0.25) is 0 Å². The minimum atomic E-state index is -0.954. The van der Waals surface area contributed by atoms with Crippen molar-refractivity contribution in [2.75, 3.05) is 26.4 Å². The molecule has 0 aliphatic rings. The molecule has 0 saturated carbocycles. The number of hydrogen-bond donors (Lipinski definition) is 3. The van der Waals surface area contributed by atoms with Gasteiger partial charge in [0.2, 0.25) is 0 Å². The highest BCUT2D eigenvalue weighted by molar-refractivity contribution is 5.71. The quantitative estimate of drug-likeness (QED) is 0.0758. The van der Waals surface area contributed by atoms with Gasteiger partial charge in [-0.2, -0.15) is 0 Å². The molecule has 9 nitrogen and oxygen atoms in total. The Bertz CT molecular complexity index is 535. The summed E-state index contributed by atoms with van der Waals surface area (Å²) in [5.41, 5.74) is 0. The monoisotopic (exact) mass is 562 g/mol.